The second kappa shape index (κ2) is 8.17. The van der Waals surface area contributed by atoms with Crippen molar-refractivity contribution in [2.75, 3.05) is 0 Å². The van der Waals surface area contributed by atoms with Crippen LogP contribution in [0.15, 0.2) is 60.7 Å². The van der Waals surface area contributed by atoms with Crippen LogP contribution in [0.2, 0.25) is 0 Å². The van der Waals surface area contributed by atoms with Gasteiger partial charge in [-0.3, -0.25) is 9.59 Å². The van der Waals surface area contributed by atoms with Crippen molar-refractivity contribution in [1.29, 1.82) is 0 Å². The molecule has 0 heterocycles. The molecule has 1 saturated carbocycles. The Morgan fingerprint density at radius 2 is 1.54 bits per heavy atom. The maximum atomic E-state index is 12.9. The van der Waals surface area contributed by atoms with E-state index >= 15 is 0 Å². The molecule has 1 aliphatic rings. The van der Waals surface area contributed by atoms with Crippen molar-refractivity contribution >= 4 is 11.8 Å². The van der Waals surface area contributed by atoms with Gasteiger partial charge in [-0.15, -0.1) is 0 Å². The van der Waals surface area contributed by atoms with Gasteiger partial charge < -0.3 is 10.2 Å². The number of hydrogen-bond donors (Lipinski definition) is 1. The summed E-state index contributed by atoms with van der Waals surface area (Å²) in [5.41, 5.74) is 2.18. The molecule has 3 rings (SSSR count). The van der Waals surface area contributed by atoms with Gasteiger partial charge in [0, 0.05) is 19.1 Å². The van der Waals surface area contributed by atoms with Crippen molar-refractivity contribution in [2.24, 2.45) is 11.8 Å². The van der Waals surface area contributed by atoms with E-state index in [1.807, 2.05) is 79.4 Å². The maximum Gasteiger partial charge on any atom is 0.227 e. The smallest absolute Gasteiger partial charge is 0.227 e. The Labute approximate surface area is 155 Å². The zero-order valence-electron chi connectivity index (χ0n) is 15.4. The van der Waals surface area contributed by atoms with Gasteiger partial charge in [0.1, 0.15) is 0 Å². The predicted molar refractivity (Wildman–Crippen MR) is 102 cm³/mol. The molecule has 2 aromatic rings. The Hall–Kier alpha value is -2.62. The lowest BCUT2D eigenvalue weighted by molar-refractivity contribution is -0.136. The highest BCUT2D eigenvalue weighted by Crippen LogP contribution is 2.40. The molecule has 0 radical (unpaired) electrons. The van der Waals surface area contributed by atoms with Crippen LogP contribution in [0.4, 0.5) is 0 Å². The van der Waals surface area contributed by atoms with Crippen molar-refractivity contribution in [3.05, 3.63) is 71.8 Å². The van der Waals surface area contributed by atoms with Crippen molar-refractivity contribution in [3.8, 4) is 0 Å². The highest BCUT2D eigenvalue weighted by molar-refractivity contribution is 5.92. The monoisotopic (exact) mass is 350 g/mol. The molecule has 2 aromatic carbocycles. The van der Waals surface area contributed by atoms with E-state index in [0.717, 1.165) is 11.1 Å². The lowest BCUT2D eigenvalue weighted by Gasteiger charge is -2.27. The quantitative estimate of drug-likeness (QED) is 0.832. The molecule has 0 saturated heterocycles. The van der Waals surface area contributed by atoms with Gasteiger partial charge in [0.2, 0.25) is 11.8 Å². The highest BCUT2D eigenvalue weighted by atomic mass is 16.2. The molecule has 26 heavy (non-hydrogen) atoms. The number of hydrogen-bond acceptors (Lipinski definition) is 2. The van der Waals surface area contributed by atoms with Gasteiger partial charge in [0.15, 0.2) is 0 Å². The summed E-state index contributed by atoms with van der Waals surface area (Å²) in [5.74, 6) is -0.306. The Morgan fingerprint density at radius 1 is 0.962 bits per heavy atom. The first-order chi connectivity index (χ1) is 12.6. The fourth-order valence-electron chi connectivity index (χ4n) is 3.18. The number of carbonyl (C=O) groups excluding carboxylic acids is 2. The predicted octanol–water partition coefficient (Wildman–Crippen LogP) is 3.38. The zero-order valence-corrected chi connectivity index (χ0v) is 15.4. The van der Waals surface area contributed by atoms with Gasteiger partial charge in [-0.25, -0.2) is 0 Å². The van der Waals surface area contributed by atoms with E-state index in [4.69, 9.17) is 0 Å². The fraction of sp³-hybridized carbons (Fsp3) is 0.364. The lowest BCUT2D eigenvalue weighted by Crippen LogP contribution is -2.38. The molecule has 2 unspecified atom stereocenters. The van der Waals surface area contributed by atoms with Crippen LogP contribution in [0.25, 0.3) is 0 Å². The summed E-state index contributed by atoms with van der Waals surface area (Å²) < 4.78 is 0. The molecule has 4 heteroatoms. The van der Waals surface area contributed by atoms with Crippen LogP contribution in [0.3, 0.4) is 0 Å². The zero-order chi connectivity index (χ0) is 18.5. The summed E-state index contributed by atoms with van der Waals surface area (Å²) in [5, 5.41) is 2.95. The minimum atomic E-state index is -0.191. The van der Waals surface area contributed by atoms with Gasteiger partial charge in [-0.05, 0) is 31.4 Å². The summed E-state index contributed by atoms with van der Waals surface area (Å²) in [6, 6.07) is 19.9. The van der Waals surface area contributed by atoms with Crippen LogP contribution >= 0.6 is 0 Å². The Morgan fingerprint density at radius 3 is 2.12 bits per heavy atom. The van der Waals surface area contributed by atoms with Crippen molar-refractivity contribution in [3.63, 3.8) is 0 Å². The first-order valence-corrected chi connectivity index (χ1v) is 9.22. The van der Waals surface area contributed by atoms with Crippen LogP contribution in [0, 0.1) is 11.8 Å². The molecule has 0 bridgehead atoms. The first-order valence-electron chi connectivity index (χ1n) is 9.22. The number of nitrogens with zero attached hydrogens (tertiary/aromatic N) is 1. The summed E-state index contributed by atoms with van der Waals surface area (Å²) >= 11 is 0. The van der Waals surface area contributed by atoms with Crippen molar-refractivity contribution in [1.82, 2.24) is 10.2 Å². The number of nitrogens with one attached hydrogen (secondary N) is 1. The molecular formula is C22H26N2O2. The van der Waals surface area contributed by atoms with E-state index in [9.17, 15) is 9.59 Å². The molecule has 1 N–H and O–H groups in total. The van der Waals surface area contributed by atoms with Gasteiger partial charge in [-0.2, -0.15) is 0 Å². The summed E-state index contributed by atoms with van der Waals surface area (Å²) in [6.07, 6.45) is 0.650. The van der Waals surface area contributed by atoms with E-state index in [1.54, 1.807) is 0 Å². The Bertz CT molecular complexity index is 743. The summed E-state index contributed by atoms with van der Waals surface area (Å²) in [4.78, 5) is 27.1. The SMILES string of the molecule is CC(C)N(Cc1ccccc1)C(=O)C1CC1C(=O)NCc1ccccc1. The average molecular weight is 350 g/mol. The van der Waals surface area contributed by atoms with Crippen LogP contribution in [0.5, 0.6) is 0 Å². The van der Waals surface area contributed by atoms with Crippen LogP contribution in [0.1, 0.15) is 31.4 Å². The molecule has 0 aliphatic heterocycles. The molecule has 0 aromatic heterocycles. The standard InChI is InChI=1S/C22H26N2O2/c1-16(2)24(15-18-11-7-4-8-12-18)22(26)20-13-19(20)21(25)23-14-17-9-5-3-6-10-17/h3-12,16,19-20H,13-15H2,1-2H3,(H,23,25). The third kappa shape index (κ3) is 4.51. The third-order valence-corrected chi connectivity index (χ3v) is 4.86. The van der Waals surface area contributed by atoms with Gasteiger partial charge in [-0.1, -0.05) is 60.7 Å². The van der Waals surface area contributed by atoms with Crippen molar-refractivity contribution in [2.45, 2.75) is 39.4 Å². The molecule has 1 fully saturated rings. The van der Waals surface area contributed by atoms with Crippen LogP contribution in [-0.2, 0) is 22.7 Å². The van der Waals surface area contributed by atoms with E-state index in [2.05, 4.69) is 5.32 Å². The molecule has 2 atom stereocenters. The molecule has 0 spiro atoms. The first kappa shape index (κ1) is 18.2. The van der Waals surface area contributed by atoms with Gasteiger partial charge in [0.25, 0.3) is 0 Å². The second-order valence-electron chi connectivity index (χ2n) is 7.20. The number of carbonyl (C=O) groups is 2. The largest absolute Gasteiger partial charge is 0.352 e. The number of amides is 2. The minimum absolute atomic E-state index is 0.0179. The number of rotatable bonds is 7. The molecule has 136 valence electrons. The van der Waals surface area contributed by atoms with Crippen LogP contribution in [-0.4, -0.2) is 22.8 Å². The van der Waals surface area contributed by atoms with E-state index in [1.165, 1.54) is 0 Å². The summed E-state index contributed by atoms with van der Waals surface area (Å²) in [7, 11) is 0. The Balaban J connectivity index is 1.55. The normalized spacial score (nSPS) is 18.4. The van der Waals surface area contributed by atoms with Crippen molar-refractivity contribution < 1.29 is 9.59 Å². The second-order valence-corrected chi connectivity index (χ2v) is 7.20. The van der Waals surface area contributed by atoms with Gasteiger partial charge in [0.05, 0.1) is 11.8 Å². The average Bonchev–Trinajstić information content (AvgIpc) is 3.46. The maximum absolute atomic E-state index is 12.9. The summed E-state index contributed by atoms with van der Waals surface area (Å²) in [6.45, 7) is 5.14. The molecule has 1 aliphatic carbocycles. The van der Waals surface area contributed by atoms with Gasteiger partial charge >= 0.3 is 0 Å². The van der Waals surface area contributed by atoms with E-state index < -0.39 is 0 Å². The molecule has 4 nitrogen and oxygen atoms in total. The topological polar surface area (TPSA) is 49.4 Å². The minimum Gasteiger partial charge on any atom is -0.352 e. The number of benzene rings is 2. The lowest BCUT2D eigenvalue weighted by atomic mass is 10.1. The third-order valence-electron chi connectivity index (χ3n) is 4.86. The van der Waals surface area contributed by atoms with E-state index in [-0.39, 0.29) is 29.7 Å². The highest BCUT2D eigenvalue weighted by Gasteiger charge is 2.49. The Kier molecular flexibility index (Phi) is 5.71. The molecular weight excluding hydrogens is 324 g/mol. The fourth-order valence-corrected chi connectivity index (χ4v) is 3.18. The molecule has 2 amide bonds. The van der Waals surface area contributed by atoms with Crippen LogP contribution < -0.4 is 5.32 Å². The van der Waals surface area contributed by atoms with E-state index in [0.29, 0.717) is 19.5 Å².